The Morgan fingerprint density at radius 1 is 0.658 bits per heavy atom. The summed E-state index contributed by atoms with van der Waals surface area (Å²) in [6.07, 6.45) is 9.25. The lowest BCUT2D eigenvalue weighted by Gasteiger charge is -2.26. The molecule has 6 nitrogen and oxygen atoms in total. The first-order valence-corrected chi connectivity index (χ1v) is 13.5. The van der Waals surface area contributed by atoms with E-state index < -0.39 is 0 Å². The van der Waals surface area contributed by atoms with Crippen molar-refractivity contribution < 1.29 is 0 Å². The Kier molecular flexibility index (Phi) is 8.27. The Morgan fingerprint density at radius 2 is 1.16 bits per heavy atom. The van der Waals surface area contributed by atoms with E-state index in [1.165, 1.54) is 33.9 Å². The zero-order chi connectivity index (χ0) is 26.2. The molecular weight excluding hydrogens is 468 g/mol. The third kappa shape index (κ3) is 5.53. The lowest BCUT2D eigenvalue weighted by Crippen LogP contribution is -2.22. The van der Waals surface area contributed by atoms with Crippen LogP contribution < -0.4 is 15.5 Å². The fourth-order valence-electron chi connectivity index (χ4n) is 5.37. The molecule has 0 atom stereocenters. The van der Waals surface area contributed by atoms with Crippen molar-refractivity contribution in [1.29, 1.82) is 5.26 Å². The van der Waals surface area contributed by atoms with E-state index in [4.69, 9.17) is 11.0 Å². The van der Waals surface area contributed by atoms with Crippen LogP contribution in [0.1, 0.15) is 35.4 Å². The summed E-state index contributed by atoms with van der Waals surface area (Å²) in [6.45, 7) is 2.38. The average Bonchev–Trinajstić information content (AvgIpc) is 3.23. The number of nitrogens with two attached hydrogens (primary N) is 1. The van der Waals surface area contributed by atoms with Crippen LogP contribution in [-0.2, 0) is 25.7 Å². The summed E-state index contributed by atoms with van der Waals surface area (Å²) in [5.74, 6) is 0. The van der Waals surface area contributed by atoms with Gasteiger partial charge >= 0.3 is 0 Å². The molecule has 2 aliphatic rings. The van der Waals surface area contributed by atoms with Crippen LogP contribution >= 0.6 is 0 Å². The molecule has 2 N–H and O–H groups in total. The fraction of sp³-hybridized carbons (Fsp3) is 0.281. The molecule has 0 fully saturated rings. The molecule has 0 spiro atoms. The number of aromatic nitrogens is 2. The molecular formula is C32H34N6. The van der Waals surface area contributed by atoms with Crippen LogP contribution in [0.15, 0.2) is 85.2 Å². The van der Waals surface area contributed by atoms with Crippen molar-refractivity contribution >= 4 is 22.7 Å². The molecule has 4 heterocycles. The van der Waals surface area contributed by atoms with Gasteiger partial charge < -0.3 is 15.5 Å². The first kappa shape index (κ1) is 25.4. The highest BCUT2D eigenvalue weighted by Gasteiger charge is 2.21. The van der Waals surface area contributed by atoms with Gasteiger partial charge in [0.25, 0.3) is 0 Å². The predicted octanol–water partition coefficient (Wildman–Crippen LogP) is 5.90. The van der Waals surface area contributed by atoms with Gasteiger partial charge in [-0.3, -0.25) is 9.97 Å². The predicted molar refractivity (Wildman–Crippen MR) is 154 cm³/mol. The van der Waals surface area contributed by atoms with Gasteiger partial charge in [-0.25, -0.2) is 0 Å². The molecule has 4 aromatic rings. The Morgan fingerprint density at radius 3 is 1.68 bits per heavy atom. The van der Waals surface area contributed by atoms with Crippen molar-refractivity contribution in [2.24, 2.45) is 5.73 Å². The number of benzene rings is 2. The van der Waals surface area contributed by atoms with Crippen LogP contribution in [0.25, 0.3) is 0 Å². The van der Waals surface area contributed by atoms with Gasteiger partial charge in [-0.05, 0) is 86.2 Å². The molecule has 192 valence electrons. The molecule has 0 radical (unpaired) electrons. The number of rotatable bonds is 5. The molecule has 0 bridgehead atoms. The zero-order valence-electron chi connectivity index (χ0n) is 21.8. The van der Waals surface area contributed by atoms with Crippen LogP contribution in [0.5, 0.6) is 0 Å². The molecule has 2 aromatic heterocycles. The van der Waals surface area contributed by atoms with Crippen molar-refractivity contribution in [1.82, 2.24) is 9.97 Å². The maximum Gasteiger partial charge on any atom is 0.0643 e. The van der Waals surface area contributed by atoms with Gasteiger partial charge in [0.15, 0.2) is 0 Å². The summed E-state index contributed by atoms with van der Waals surface area (Å²) in [5.41, 5.74) is 15.6. The quantitative estimate of drug-likeness (QED) is 0.366. The lowest BCUT2D eigenvalue weighted by atomic mass is 10.1. The van der Waals surface area contributed by atoms with E-state index in [0.29, 0.717) is 19.5 Å². The van der Waals surface area contributed by atoms with Crippen LogP contribution in [0.4, 0.5) is 22.7 Å². The van der Waals surface area contributed by atoms with Gasteiger partial charge in [0.1, 0.15) is 0 Å². The first-order chi connectivity index (χ1) is 18.8. The Hall–Kier alpha value is -4.21. The second-order valence-electron chi connectivity index (χ2n) is 9.55. The van der Waals surface area contributed by atoms with Gasteiger partial charge in [-0.2, -0.15) is 5.26 Å². The highest BCUT2D eigenvalue weighted by atomic mass is 15.2. The van der Waals surface area contributed by atoms with E-state index >= 15 is 0 Å². The highest BCUT2D eigenvalue weighted by molar-refractivity contribution is 5.71. The number of para-hydroxylation sites is 2. The first-order valence-electron chi connectivity index (χ1n) is 13.5. The highest BCUT2D eigenvalue weighted by Crippen LogP contribution is 2.36. The summed E-state index contributed by atoms with van der Waals surface area (Å²) < 4.78 is 0. The summed E-state index contributed by atoms with van der Waals surface area (Å²) in [5, 5.41) is 8.87. The van der Waals surface area contributed by atoms with Crippen LogP contribution in [-0.4, -0.2) is 29.6 Å². The van der Waals surface area contributed by atoms with Crippen molar-refractivity contribution in [2.75, 3.05) is 29.4 Å². The normalized spacial score (nSPS) is 13.4. The van der Waals surface area contributed by atoms with Crippen molar-refractivity contribution in [3.63, 3.8) is 0 Å². The number of hydrogen-bond donors (Lipinski definition) is 1. The molecule has 0 amide bonds. The number of hydrogen-bond acceptors (Lipinski definition) is 6. The van der Waals surface area contributed by atoms with Crippen LogP contribution in [0, 0.1) is 11.3 Å². The van der Waals surface area contributed by atoms with E-state index in [1.54, 1.807) is 0 Å². The number of anilines is 4. The average molecular weight is 503 g/mol. The standard InChI is InChI=1S/C16H19N3.C16H15N3/c2*17-10-4-12-19-15-6-2-1-5-13(15)8-9-14-16(19)7-3-11-18-14/h1-3,5-7,11H,4,8-10,12,17H2;1-3,5-7,11H,4,8-9,12H2. The zero-order valence-corrected chi connectivity index (χ0v) is 21.8. The molecule has 2 aliphatic heterocycles. The summed E-state index contributed by atoms with van der Waals surface area (Å²) >= 11 is 0. The smallest absolute Gasteiger partial charge is 0.0643 e. The van der Waals surface area contributed by atoms with E-state index in [9.17, 15) is 0 Å². The van der Waals surface area contributed by atoms with Crippen molar-refractivity contribution in [3.8, 4) is 6.07 Å². The van der Waals surface area contributed by atoms with Gasteiger partial charge in [0, 0.05) is 36.9 Å². The maximum absolute atomic E-state index is 8.87. The molecule has 0 aliphatic carbocycles. The minimum atomic E-state index is 0.517. The molecule has 0 unspecified atom stereocenters. The Labute approximate surface area is 225 Å². The van der Waals surface area contributed by atoms with E-state index in [1.807, 2.05) is 24.5 Å². The van der Waals surface area contributed by atoms with Gasteiger partial charge in [-0.15, -0.1) is 0 Å². The van der Waals surface area contributed by atoms with Crippen molar-refractivity contribution in [2.45, 2.75) is 38.5 Å². The molecule has 0 saturated carbocycles. The number of nitrogens with zero attached hydrogens (tertiary/aromatic N) is 5. The Balaban J connectivity index is 0.000000155. The van der Waals surface area contributed by atoms with Gasteiger partial charge in [0.05, 0.1) is 35.3 Å². The second kappa shape index (κ2) is 12.4. The van der Waals surface area contributed by atoms with E-state index in [0.717, 1.165) is 50.0 Å². The number of fused-ring (bicyclic) bond motifs is 4. The summed E-state index contributed by atoms with van der Waals surface area (Å²) in [7, 11) is 0. The number of aryl methyl sites for hydroxylation is 4. The summed E-state index contributed by atoms with van der Waals surface area (Å²) in [4.78, 5) is 13.6. The number of pyridine rings is 2. The third-order valence-electron chi connectivity index (χ3n) is 7.17. The van der Waals surface area contributed by atoms with Crippen LogP contribution in [0.2, 0.25) is 0 Å². The van der Waals surface area contributed by atoms with Gasteiger partial charge in [0.2, 0.25) is 0 Å². The molecule has 2 aromatic carbocycles. The van der Waals surface area contributed by atoms with Crippen LogP contribution in [0.3, 0.4) is 0 Å². The van der Waals surface area contributed by atoms with Crippen molar-refractivity contribution in [3.05, 3.63) is 108 Å². The van der Waals surface area contributed by atoms with E-state index in [-0.39, 0.29) is 0 Å². The minimum absolute atomic E-state index is 0.517. The second-order valence-corrected chi connectivity index (χ2v) is 9.55. The fourth-order valence-corrected chi connectivity index (χ4v) is 5.37. The maximum atomic E-state index is 8.87. The molecule has 6 heteroatoms. The minimum Gasteiger partial charge on any atom is -0.340 e. The lowest BCUT2D eigenvalue weighted by molar-refractivity contribution is 0.814. The Bertz CT molecular complexity index is 1310. The monoisotopic (exact) mass is 502 g/mol. The topological polar surface area (TPSA) is 82.1 Å². The largest absolute Gasteiger partial charge is 0.340 e. The third-order valence-corrected chi connectivity index (χ3v) is 7.17. The SMILES string of the molecule is N#CCCN1c2ccccc2CCc2ncccc21.NCCCN1c2ccccc2CCc2ncccc21. The number of nitriles is 1. The molecule has 38 heavy (non-hydrogen) atoms. The van der Waals surface area contributed by atoms with E-state index in [2.05, 4.69) is 86.5 Å². The molecule has 0 saturated heterocycles. The molecule has 6 rings (SSSR count). The summed E-state index contributed by atoms with van der Waals surface area (Å²) in [6, 6.07) is 27.6. The van der Waals surface area contributed by atoms with Gasteiger partial charge in [-0.1, -0.05) is 36.4 Å².